The first kappa shape index (κ1) is 16.8. The Labute approximate surface area is 146 Å². The number of benzene rings is 2. The summed E-state index contributed by atoms with van der Waals surface area (Å²) >= 11 is 0. The predicted molar refractivity (Wildman–Crippen MR) is 98.9 cm³/mol. The van der Waals surface area contributed by atoms with Crippen molar-refractivity contribution in [2.45, 2.75) is 27.2 Å². The number of aromatic amines is 1. The lowest BCUT2D eigenvalue weighted by Gasteiger charge is -2.10. The molecular weight excluding hydrogens is 314 g/mol. The first-order valence-corrected chi connectivity index (χ1v) is 8.25. The molecule has 3 N–H and O–H groups in total. The van der Waals surface area contributed by atoms with E-state index in [-0.39, 0.29) is 11.7 Å². The molecule has 1 aromatic heterocycles. The molecule has 128 valence electrons. The molecule has 0 spiro atoms. The van der Waals surface area contributed by atoms with E-state index in [0.717, 1.165) is 28.8 Å². The number of H-pyrrole nitrogens is 1. The molecular formula is C20H21N3O2. The van der Waals surface area contributed by atoms with Gasteiger partial charge in [-0.15, -0.1) is 0 Å². The summed E-state index contributed by atoms with van der Waals surface area (Å²) in [7, 11) is 0. The van der Waals surface area contributed by atoms with Gasteiger partial charge in [-0.25, -0.2) is 0 Å². The molecule has 0 saturated heterocycles. The molecule has 1 amide bonds. The van der Waals surface area contributed by atoms with E-state index >= 15 is 0 Å². The second kappa shape index (κ2) is 6.81. The van der Waals surface area contributed by atoms with Gasteiger partial charge in [0.1, 0.15) is 11.4 Å². The Morgan fingerprint density at radius 3 is 2.56 bits per heavy atom. The zero-order valence-electron chi connectivity index (χ0n) is 14.6. The Kier molecular flexibility index (Phi) is 4.57. The van der Waals surface area contributed by atoms with Crippen LogP contribution in [0.3, 0.4) is 0 Å². The minimum absolute atomic E-state index is 0.144. The van der Waals surface area contributed by atoms with Crippen LogP contribution < -0.4 is 5.32 Å². The number of aryl methyl sites for hydroxylation is 3. The number of hydrogen-bond acceptors (Lipinski definition) is 3. The summed E-state index contributed by atoms with van der Waals surface area (Å²) in [4.78, 5) is 12.5. The fourth-order valence-corrected chi connectivity index (χ4v) is 2.78. The van der Waals surface area contributed by atoms with Gasteiger partial charge in [0.05, 0.1) is 5.69 Å². The summed E-state index contributed by atoms with van der Waals surface area (Å²) < 4.78 is 0. The standard InChI is InChI=1S/C20H21N3O2/c1-4-14-8-9-18(24)15(10-14)16-11-17(23-22-16)20(25)21-19-12(2)6-5-7-13(19)3/h5-11,24H,4H2,1-3H3,(H,21,25)(H,22,23). The number of para-hydroxylation sites is 1. The van der Waals surface area contributed by atoms with Crippen molar-refractivity contribution in [1.82, 2.24) is 10.2 Å². The summed E-state index contributed by atoms with van der Waals surface area (Å²) in [6.45, 7) is 5.95. The van der Waals surface area contributed by atoms with Crippen molar-refractivity contribution < 1.29 is 9.90 Å². The van der Waals surface area contributed by atoms with Crippen LogP contribution in [-0.4, -0.2) is 21.2 Å². The van der Waals surface area contributed by atoms with Crippen molar-refractivity contribution >= 4 is 11.6 Å². The number of phenols is 1. The topological polar surface area (TPSA) is 78.0 Å². The maximum Gasteiger partial charge on any atom is 0.273 e. The van der Waals surface area contributed by atoms with Gasteiger partial charge in [0.15, 0.2) is 0 Å². The molecule has 0 radical (unpaired) electrons. The maximum absolute atomic E-state index is 12.5. The van der Waals surface area contributed by atoms with Crippen molar-refractivity contribution in [3.05, 3.63) is 64.8 Å². The first-order valence-electron chi connectivity index (χ1n) is 8.25. The summed E-state index contributed by atoms with van der Waals surface area (Å²) in [6, 6.07) is 12.9. The number of amides is 1. The largest absolute Gasteiger partial charge is 0.507 e. The molecule has 2 aromatic carbocycles. The number of carbonyl (C=O) groups excluding carboxylic acids is 1. The fourth-order valence-electron chi connectivity index (χ4n) is 2.78. The van der Waals surface area contributed by atoms with Crippen molar-refractivity contribution in [1.29, 1.82) is 0 Å². The number of hydrogen-bond donors (Lipinski definition) is 3. The van der Waals surface area contributed by atoms with Crippen LogP contribution in [0.4, 0.5) is 5.69 Å². The molecule has 3 rings (SSSR count). The molecule has 3 aromatic rings. The quantitative estimate of drug-likeness (QED) is 0.668. The van der Waals surface area contributed by atoms with Crippen molar-refractivity contribution in [3.8, 4) is 17.0 Å². The van der Waals surface area contributed by atoms with Gasteiger partial charge in [0.25, 0.3) is 5.91 Å². The van der Waals surface area contributed by atoms with Crippen LogP contribution in [0.5, 0.6) is 5.75 Å². The average Bonchev–Trinajstić information content (AvgIpc) is 3.08. The van der Waals surface area contributed by atoms with Gasteiger partial charge in [-0.2, -0.15) is 5.10 Å². The van der Waals surface area contributed by atoms with Gasteiger partial charge < -0.3 is 10.4 Å². The second-order valence-electron chi connectivity index (χ2n) is 6.09. The Hall–Kier alpha value is -3.08. The molecule has 0 fully saturated rings. The molecule has 0 bridgehead atoms. The first-order chi connectivity index (χ1) is 12.0. The van der Waals surface area contributed by atoms with Gasteiger partial charge >= 0.3 is 0 Å². The predicted octanol–water partition coefficient (Wildman–Crippen LogP) is 4.21. The van der Waals surface area contributed by atoms with E-state index in [2.05, 4.69) is 15.5 Å². The van der Waals surface area contributed by atoms with Crippen LogP contribution in [0.15, 0.2) is 42.5 Å². The second-order valence-corrected chi connectivity index (χ2v) is 6.09. The van der Waals surface area contributed by atoms with E-state index in [1.54, 1.807) is 12.1 Å². The highest BCUT2D eigenvalue weighted by molar-refractivity contribution is 6.04. The van der Waals surface area contributed by atoms with Crippen molar-refractivity contribution in [2.75, 3.05) is 5.32 Å². The number of anilines is 1. The SMILES string of the molecule is CCc1ccc(O)c(-c2cc(C(=O)Nc3c(C)cccc3C)[nH]n2)c1. The molecule has 5 heteroatoms. The fraction of sp³-hybridized carbons (Fsp3) is 0.200. The van der Waals surface area contributed by atoms with E-state index in [1.807, 2.05) is 51.1 Å². The monoisotopic (exact) mass is 335 g/mol. The molecule has 1 heterocycles. The van der Waals surface area contributed by atoms with E-state index < -0.39 is 0 Å². The lowest BCUT2D eigenvalue weighted by molar-refractivity contribution is 0.102. The number of aromatic nitrogens is 2. The smallest absolute Gasteiger partial charge is 0.273 e. The summed E-state index contributed by atoms with van der Waals surface area (Å²) in [5, 5.41) is 19.9. The van der Waals surface area contributed by atoms with Crippen LogP contribution in [0.25, 0.3) is 11.3 Å². The Bertz CT molecular complexity index is 908. The molecule has 0 atom stereocenters. The third-order valence-electron chi connectivity index (χ3n) is 4.29. The number of rotatable bonds is 4. The van der Waals surface area contributed by atoms with Crippen molar-refractivity contribution in [3.63, 3.8) is 0 Å². The summed E-state index contributed by atoms with van der Waals surface area (Å²) in [6.07, 6.45) is 0.859. The van der Waals surface area contributed by atoms with E-state index in [4.69, 9.17) is 0 Å². The Balaban J connectivity index is 1.88. The van der Waals surface area contributed by atoms with Crippen LogP contribution in [-0.2, 0) is 6.42 Å². The highest BCUT2D eigenvalue weighted by Gasteiger charge is 2.15. The van der Waals surface area contributed by atoms with Gasteiger partial charge in [-0.1, -0.05) is 31.2 Å². The summed E-state index contributed by atoms with van der Waals surface area (Å²) in [5.41, 5.74) is 5.40. The number of carbonyl (C=O) groups is 1. The minimum atomic E-state index is -0.262. The maximum atomic E-state index is 12.5. The molecule has 0 aliphatic heterocycles. The van der Waals surface area contributed by atoms with E-state index in [0.29, 0.717) is 17.0 Å². The van der Waals surface area contributed by atoms with Crippen LogP contribution in [0.2, 0.25) is 0 Å². The Morgan fingerprint density at radius 2 is 1.88 bits per heavy atom. The number of nitrogens with zero attached hydrogens (tertiary/aromatic N) is 1. The third kappa shape index (κ3) is 3.40. The lowest BCUT2D eigenvalue weighted by atomic mass is 10.0. The molecule has 0 aliphatic carbocycles. The molecule has 0 saturated carbocycles. The van der Waals surface area contributed by atoms with E-state index in [9.17, 15) is 9.90 Å². The van der Waals surface area contributed by atoms with Crippen LogP contribution in [0, 0.1) is 13.8 Å². The average molecular weight is 335 g/mol. The van der Waals surface area contributed by atoms with Gasteiger partial charge in [-0.05, 0) is 55.2 Å². The molecule has 0 unspecified atom stereocenters. The van der Waals surface area contributed by atoms with Crippen LogP contribution in [0.1, 0.15) is 34.1 Å². The number of aromatic hydroxyl groups is 1. The number of nitrogens with one attached hydrogen (secondary N) is 2. The normalized spacial score (nSPS) is 10.7. The highest BCUT2D eigenvalue weighted by atomic mass is 16.3. The van der Waals surface area contributed by atoms with Crippen molar-refractivity contribution in [2.24, 2.45) is 0 Å². The molecule has 5 nitrogen and oxygen atoms in total. The van der Waals surface area contributed by atoms with Crippen LogP contribution >= 0.6 is 0 Å². The molecule has 0 aliphatic rings. The zero-order chi connectivity index (χ0) is 18.0. The van der Waals surface area contributed by atoms with Gasteiger partial charge in [-0.3, -0.25) is 9.89 Å². The number of phenolic OH excluding ortho intramolecular Hbond substituents is 1. The van der Waals surface area contributed by atoms with E-state index in [1.165, 1.54) is 0 Å². The minimum Gasteiger partial charge on any atom is -0.507 e. The van der Waals surface area contributed by atoms with Gasteiger partial charge in [0, 0.05) is 11.3 Å². The Morgan fingerprint density at radius 1 is 1.16 bits per heavy atom. The zero-order valence-corrected chi connectivity index (χ0v) is 14.6. The third-order valence-corrected chi connectivity index (χ3v) is 4.29. The highest BCUT2D eigenvalue weighted by Crippen LogP contribution is 2.29. The lowest BCUT2D eigenvalue weighted by Crippen LogP contribution is -2.14. The molecule has 25 heavy (non-hydrogen) atoms. The summed E-state index contributed by atoms with van der Waals surface area (Å²) in [5.74, 6) is -0.118. The van der Waals surface area contributed by atoms with Gasteiger partial charge in [0.2, 0.25) is 0 Å².